The Balaban J connectivity index is 2.30. The lowest BCUT2D eigenvalue weighted by Gasteiger charge is -2.30. The Labute approximate surface area is 114 Å². The third-order valence-electron chi connectivity index (χ3n) is 3.67. The number of halogens is 1. The first kappa shape index (κ1) is 11.9. The molecular weight excluding hydrogens is 292 g/mol. The van der Waals surface area contributed by atoms with Crippen LogP contribution in [-0.2, 0) is 12.8 Å². The molecule has 0 bridgehead atoms. The summed E-state index contributed by atoms with van der Waals surface area (Å²) < 4.78 is 2.59. The predicted octanol–water partition coefficient (Wildman–Crippen LogP) is 2.97. The number of pyridine rings is 1. The average Bonchev–Trinajstić information content (AvgIpc) is 2.30. The number of aromatic nitrogens is 2. The van der Waals surface area contributed by atoms with E-state index in [1.165, 1.54) is 0 Å². The van der Waals surface area contributed by atoms with Crippen LogP contribution in [0.1, 0.15) is 31.5 Å². The van der Waals surface area contributed by atoms with Gasteiger partial charge in [0.25, 0.3) is 5.56 Å². The fraction of sp³-hybridized carbons (Fsp3) is 0.429. The molecule has 0 fully saturated rings. The molecule has 0 saturated carbocycles. The van der Waals surface area contributed by atoms with Gasteiger partial charge >= 0.3 is 0 Å². The fourth-order valence-electron chi connectivity index (χ4n) is 2.60. The van der Waals surface area contributed by atoms with Crippen molar-refractivity contribution in [3.63, 3.8) is 0 Å². The molecule has 0 aromatic carbocycles. The van der Waals surface area contributed by atoms with Crippen LogP contribution >= 0.6 is 15.9 Å². The highest BCUT2D eigenvalue weighted by molar-refractivity contribution is 9.10. The fourth-order valence-corrected chi connectivity index (χ4v) is 2.93. The van der Waals surface area contributed by atoms with Crippen molar-refractivity contribution in [3.8, 4) is 0 Å². The van der Waals surface area contributed by atoms with Crippen LogP contribution in [0.5, 0.6) is 0 Å². The summed E-state index contributed by atoms with van der Waals surface area (Å²) in [6.07, 6.45) is 4.61. The Hall–Kier alpha value is -1.16. The summed E-state index contributed by atoms with van der Waals surface area (Å²) in [6.45, 7) is 4.43. The SMILES string of the molecule is CC1(C)CCc2nc3cc(Br)ccn3c(=O)c2C1. The topological polar surface area (TPSA) is 34.4 Å². The lowest BCUT2D eigenvalue weighted by Crippen LogP contribution is -2.31. The maximum absolute atomic E-state index is 12.5. The van der Waals surface area contributed by atoms with Crippen LogP contribution < -0.4 is 5.56 Å². The summed E-state index contributed by atoms with van der Waals surface area (Å²) in [7, 11) is 0. The van der Waals surface area contributed by atoms with Gasteiger partial charge in [0.15, 0.2) is 0 Å². The van der Waals surface area contributed by atoms with Crippen LogP contribution in [0.4, 0.5) is 0 Å². The van der Waals surface area contributed by atoms with E-state index in [1.807, 2.05) is 12.1 Å². The molecule has 2 heterocycles. The second kappa shape index (κ2) is 3.92. The normalized spacial score (nSPS) is 17.7. The van der Waals surface area contributed by atoms with E-state index in [-0.39, 0.29) is 11.0 Å². The molecule has 0 atom stereocenters. The minimum atomic E-state index is 0.0928. The van der Waals surface area contributed by atoms with Gasteiger partial charge in [-0.25, -0.2) is 4.98 Å². The van der Waals surface area contributed by atoms with Gasteiger partial charge in [-0.2, -0.15) is 0 Å². The van der Waals surface area contributed by atoms with Gasteiger partial charge in [0.1, 0.15) is 5.65 Å². The molecule has 0 radical (unpaired) electrons. The van der Waals surface area contributed by atoms with Crippen molar-refractivity contribution in [2.75, 3.05) is 0 Å². The summed E-state index contributed by atoms with van der Waals surface area (Å²) in [6, 6.07) is 3.76. The van der Waals surface area contributed by atoms with E-state index in [0.717, 1.165) is 40.6 Å². The van der Waals surface area contributed by atoms with E-state index in [2.05, 4.69) is 34.8 Å². The molecule has 1 aliphatic carbocycles. The molecule has 3 nitrogen and oxygen atoms in total. The summed E-state index contributed by atoms with van der Waals surface area (Å²) in [4.78, 5) is 17.1. The van der Waals surface area contributed by atoms with Crippen molar-refractivity contribution in [2.45, 2.75) is 33.1 Å². The van der Waals surface area contributed by atoms with Gasteiger partial charge in [0.2, 0.25) is 0 Å². The van der Waals surface area contributed by atoms with Crippen LogP contribution in [0.3, 0.4) is 0 Å². The Morgan fingerprint density at radius 3 is 3.00 bits per heavy atom. The molecule has 0 unspecified atom stereocenters. The van der Waals surface area contributed by atoms with Gasteiger partial charge in [-0.3, -0.25) is 9.20 Å². The Bertz CT molecular complexity index is 688. The van der Waals surface area contributed by atoms with E-state index in [4.69, 9.17) is 0 Å². The van der Waals surface area contributed by atoms with E-state index < -0.39 is 0 Å². The standard InChI is InChI=1S/C14H15BrN2O/c1-14(2)5-3-11-10(8-14)13(18)17-6-4-9(15)7-12(17)16-11/h4,6-7H,3,5,8H2,1-2H3. The second-order valence-corrected chi connectivity index (χ2v) is 6.67. The van der Waals surface area contributed by atoms with Crippen molar-refractivity contribution < 1.29 is 0 Å². The van der Waals surface area contributed by atoms with Crippen LogP contribution in [0.25, 0.3) is 5.65 Å². The Kier molecular flexibility index (Phi) is 2.59. The molecule has 3 rings (SSSR count). The number of nitrogens with zero attached hydrogens (tertiary/aromatic N) is 2. The molecule has 0 saturated heterocycles. The van der Waals surface area contributed by atoms with Crippen LogP contribution in [0.2, 0.25) is 0 Å². The maximum Gasteiger partial charge on any atom is 0.261 e. The highest BCUT2D eigenvalue weighted by Gasteiger charge is 2.28. The Morgan fingerprint density at radius 2 is 2.22 bits per heavy atom. The smallest absolute Gasteiger partial charge is 0.261 e. The number of fused-ring (bicyclic) bond motifs is 2. The largest absolute Gasteiger partial charge is 0.269 e. The highest BCUT2D eigenvalue weighted by atomic mass is 79.9. The molecule has 0 aliphatic heterocycles. The van der Waals surface area contributed by atoms with Crippen molar-refractivity contribution >= 4 is 21.6 Å². The molecule has 18 heavy (non-hydrogen) atoms. The first-order valence-corrected chi connectivity index (χ1v) is 6.95. The van der Waals surface area contributed by atoms with Crippen molar-refractivity contribution in [3.05, 3.63) is 44.4 Å². The van der Waals surface area contributed by atoms with E-state index in [1.54, 1.807) is 10.6 Å². The van der Waals surface area contributed by atoms with Crippen LogP contribution in [0, 0.1) is 5.41 Å². The maximum atomic E-state index is 12.5. The summed E-state index contributed by atoms with van der Waals surface area (Å²) >= 11 is 3.42. The minimum absolute atomic E-state index is 0.0928. The van der Waals surface area contributed by atoms with Gasteiger partial charge < -0.3 is 0 Å². The monoisotopic (exact) mass is 306 g/mol. The van der Waals surface area contributed by atoms with Crippen LogP contribution in [0.15, 0.2) is 27.6 Å². The van der Waals surface area contributed by atoms with Gasteiger partial charge in [0, 0.05) is 16.2 Å². The molecule has 1 aliphatic rings. The molecule has 2 aromatic heterocycles. The second-order valence-electron chi connectivity index (χ2n) is 5.76. The number of hydrogen-bond donors (Lipinski definition) is 0. The average molecular weight is 307 g/mol. The van der Waals surface area contributed by atoms with Gasteiger partial charge in [-0.15, -0.1) is 0 Å². The van der Waals surface area contributed by atoms with Gasteiger partial charge in [-0.1, -0.05) is 29.8 Å². The molecule has 0 spiro atoms. The molecule has 0 amide bonds. The number of aryl methyl sites for hydroxylation is 1. The molecular formula is C14H15BrN2O. The quantitative estimate of drug-likeness (QED) is 0.750. The first-order valence-electron chi connectivity index (χ1n) is 6.16. The van der Waals surface area contributed by atoms with Gasteiger partial charge in [0.05, 0.1) is 5.69 Å². The third-order valence-corrected chi connectivity index (χ3v) is 4.16. The first-order chi connectivity index (χ1) is 8.46. The summed E-state index contributed by atoms with van der Waals surface area (Å²) in [5.41, 5.74) is 2.91. The molecule has 94 valence electrons. The van der Waals surface area contributed by atoms with E-state index >= 15 is 0 Å². The summed E-state index contributed by atoms with van der Waals surface area (Å²) in [5, 5.41) is 0. The molecule has 0 N–H and O–H groups in total. The zero-order valence-electron chi connectivity index (χ0n) is 10.5. The molecule has 2 aromatic rings. The summed E-state index contributed by atoms with van der Waals surface area (Å²) in [5.74, 6) is 0. The number of rotatable bonds is 0. The zero-order valence-corrected chi connectivity index (χ0v) is 12.1. The minimum Gasteiger partial charge on any atom is -0.269 e. The predicted molar refractivity (Wildman–Crippen MR) is 75.0 cm³/mol. The zero-order chi connectivity index (χ0) is 12.9. The third kappa shape index (κ3) is 1.88. The number of hydrogen-bond acceptors (Lipinski definition) is 2. The van der Waals surface area contributed by atoms with E-state index in [9.17, 15) is 4.79 Å². The lowest BCUT2D eigenvalue weighted by molar-refractivity contribution is 0.310. The van der Waals surface area contributed by atoms with Crippen molar-refractivity contribution in [1.29, 1.82) is 0 Å². The highest BCUT2D eigenvalue weighted by Crippen LogP contribution is 2.32. The molecule has 4 heteroatoms. The lowest BCUT2D eigenvalue weighted by atomic mass is 9.76. The van der Waals surface area contributed by atoms with E-state index in [0.29, 0.717) is 0 Å². The van der Waals surface area contributed by atoms with Crippen molar-refractivity contribution in [1.82, 2.24) is 9.38 Å². The van der Waals surface area contributed by atoms with Gasteiger partial charge in [-0.05, 0) is 36.8 Å². The van der Waals surface area contributed by atoms with Crippen LogP contribution in [-0.4, -0.2) is 9.38 Å². The van der Waals surface area contributed by atoms with Crippen molar-refractivity contribution in [2.24, 2.45) is 5.41 Å². The Morgan fingerprint density at radius 1 is 1.44 bits per heavy atom.